The molecule has 262 valence electrons. The van der Waals surface area contributed by atoms with E-state index >= 15 is 8.78 Å². The van der Waals surface area contributed by atoms with Crippen molar-refractivity contribution in [1.29, 1.82) is 0 Å². The molecule has 0 saturated carbocycles. The molecule has 2 aromatic carbocycles. The fourth-order valence-corrected chi connectivity index (χ4v) is 6.29. The monoisotopic (exact) mass is 718 g/mol. The molecule has 2 N–H and O–H groups in total. The number of nitrogens with one attached hydrogen (secondary N) is 1. The number of hydrogen-bond donors (Lipinski definition) is 2. The second kappa shape index (κ2) is 14.9. The Morgan fingerprint density at radius 1 is 1.12 bits per heavy atom. The molecule has 5 rings (SSSR count). The number of rotatable bonds is 9. The Bertz CT molecular complexity index is 1780. The number of carbonyl (C=O) groups excluding carboxylic acids is 2. The molecule has 2 aliphatic rings. The van der Waals surface area contributed by atoms with Gasteiger partial charge in [0.2, 0.25) is 5.82 Å². The maximum Gasteiger partial charge on any atom is 0.277 e. The third kappa shape index (κ3) is 7.81. The fraction of sp³-hybridized carbons (Fsp3) is 0.412. The number of morpholine rings is 1. The van der Waals surface area contributed by atoms with Crippen LogP contribution in [0.3, 0.4) is 0 Å². The SMILES string of the molecule is Cc1c(Cl)ncnc1-c1cc(Cl)ccc1NC(=O)C1=C(O)[C@H](C(C)(C)C)N(C)N(Cc2ccc(OCCN3CCOCC3)c(F)c2F)C1=O. The van der Waals surface area contributed by atoms with Gasteiger partial charge in [-0.2, -0.15) is 4.39 Å². The van der Waals surface area contributed by atoms with E-state index in [9.17, 15) is 14.7 Å². The molecule has 15 heteroatoms. The van der Waals surface area contributed by atoms with Crippen LogP contribution in [0.4, 0.5) is 14.5 Å². The Morgan fingerprint density at radius 3 is 2.53 bits per heavy atom. The topological polar surface area (TPSA) is 120 Å². The normalized spacial score (nSPS) is 17.9. The van der Waals surface area contributed by atoms with Crippen molar-refractivity contribution in [3.8, 4) is 17.0 Å². The average molecular weight is 720 g/mol. The van der Waals surface area contributed by atoms with Crippen molar-refractivity contribution in [2.75, 3.05) is 51.8 Å². The predicted octanol–water partition coefficient (Wildman–Crippen LogP) is 5.80. The van der Waals surface area contributed by atoms with E-state index in [0.29, 0.717) is 41.6 Å². The lowest BCUT2D eigenvalue weighted by molar-refractivity contribution is -0.158. The summed E-state index contributed by atoms with van der Waals surface area (Å²) in [5.41, 5.74) is 0.133. The molecule has 0 spiro atoms. The number of hydrogen-bond acceptors (Lipinski definition) is 9. The Labute approximate surface area is 293 Å². The van der Waals surface area contributed by atoms with Gasteiger partial charge in [-0.25, -0.2) is 19.4 Å². The Hall–Kier alpha value is -3.88. The number of hydrazine groups is 1. The van der Waals surface area contributed by atoms with Crippen molar-refractivity contribution in [2.24, 2.45) is 5.41 Å². The van der Waals surface area contributed by atoms with Crippen molar-refractivity contribution in [3.63, 3.8) is 0 Å². The molecule has 49 heavy (non-hydrogen) atoms. The van der Waals surface area contributed by atoms with Crippen LogP contribution in [-0.4, -0.2) is 94.4 Å². The van der Waals surface area contributed by atoms with Crippen LogP contribution in [0.25, 0.3) is 11.3 Å². The first-order valence-electron chi connectivity index (χ1n) is 15.6. The van der Waals surface area contributed by atoms with Crippen molar-refractivity contribution in [1.82, 2.24) is 24.9 Å². The van der Waals surface area contributed by atoms with Gasteiger partial charge in [-0.15, -0.1) is 0 Å². The molecule has 2 aliphatic heterocycles. The highest BCUT2D eigenvalue weighted by Gasteiger charge is 2.46. The van der Waals surface area contributed by atoms with Crippen molar-refractivity contribution >= 4 is 40.7 Å². The Kier molecular flexibility index (Phi) is 11.1. The lowest BCUT2D eigenvalue weighted by atomic mass is 9.82. The Morgan fingerprint density at radius 2 is 1.84 bits per heavy atom. The lowest BCUT2D eigenvalue weighted by Gasteiger charge is -2.46. The standard InChI is InChI=1S/C34H38Cl2F2N6O5/c1-19-28(39-18-40-31(19)36)22-16-21(35)7-8-23(22)41-32(46)25-29(45)30(34(2,3)4)42(5)44(33(25)47)17-20-6-9-24(27(38)26(20)37)49-15-12-43-10-13-48-14-11-43/h6-9,16,18,30,45H,10-15,17H2,1-5H3,(H,41,46)/t30-/m1/s1. The quantitative estimate of drug-likeness (QED) is 0.209. The van der Waals surface area contributed by atoms with Crippen LogP contribution < -0.4 is 10.1 Å². The first-order chi connectivity index (χ1) is 23.2. The molecule has 2 amide bonds. The van der Waals surface area contributed by atoms with E-state index in [1.54, 1.807) is 19.1 Å². The van der Waals surface area contributed by atoms with Crippen LogP contribution in [0, 0.1) is 24.0 Å². The molecule has 0 aliphatic carbocycles. The number of aromatic nitrogens is 2. The number of aliphatic hydroxyl groups excluding tert-OH is 1. The molecule has 1 aromatic heterocycles. The summed E-state index contributed by atoms with van der Waals surface area (Å²) in [5, 5.41) is 17.3. The zero-order valence-electron chi connectivity index (χ0n) is 27.8. The Balaban J connectivity index is 1.42. The summed E-state index contributed by atoms with van der Waals surface area (Å²) in [5.74, 6) is -4.94. The molecule has 1 atom stereocenters. The first-order valence-corrected chi connectivity index (χ1v) is 16.4. The summed E-state index contributed by atoms with van der Waals surface area (Å²) < 4.78 is 41.6. The zero-order chi connectivity index (χ0) is 35.6. The molecular formula is C34H38Cl2F2N6O5. The largest absolute Gasteiger partial charge is 0.509 e. The number of likely N-dealkylation sites (N-methyl/N-ethyl adjacent to an activating group) is 1. The summed E-state index contributed by atoms with van der Waals surface area (Å²) in [4.78, 5) is 38.3. The number of aliphatic hydroxyl groups is 1. The number of nitrogens with zero attached hydrogens (tertiary/aromatic N) is 5. The minimum atomic E-state index is -1.19. The number of benzene rings is 2. The smallest absolute Gasteiger partial charge is 0.277 e. The van der Waals surface area contributed by atoms with E-state index in [4.69, 9.17) is 32.7 Å². The van der Waals surface area contributed by atoms with Gasteiger partial charge in [-0.05, 0) is 36.6 Å². The molecule has 1 saturated heterocycles. The summed E-state index contributed by atoms with van der Waals surface area (Å²) in [6.45, 7) is 10.1. The molecule has 1 fully saturated rings. The fourth-order valence-electron chi connectivity index (χ4n) is 5.98. The third-order valence-corrected chi connectivity index (χ3v) is 9.10. The number of carbonyl (C=O) groups is 2. The molecule has 3 heterocycles. The molecule has 11 nitrogen and oxygen atoms in total. The van der Waals surface area contributed by atoms with Crippen LogP contribution >= 0.6 is 23.2 Å². The second-order valence-electron chi connectivity index (χ2n) is 12.9. The van der Waals surface area contributed by atoms with Gasteiger partial charge in [0.05, 0.1) is 37.2 Å². The molecule has 0 unspecified atom stereocenters. The van der Waals surface area contributed by atoms with Crippen molar-refractivity contribution in [3.05, 3.63) is 80.9 Å². The number of halogens is 4. The molecule has 0 bridgehead atoms. The van der Waals surface area contributed by atoms with Crippen LogP contribution in [0.2, 0.25) is 10.2 Å². The first kappa shape index (κ1) is 36.4. The molecular weight excluding hydrogens is 681 g/mol. The van der Waals surface area contributed by atoms with E-state index in [0.717, 1.165) is 18.1 Å². The third-order valence-electron chi connectivity index (χ3n) is 8.49. The van der Waals surface area contributed by atoms with Crippen LogP contribution in [0.1, 0.15) is 31.9 Å². The summed E-state index contributed by atoms with van der Waals surface area (Å²) in [6, 6.07) is 6.40. The van der Waals surface area contributed by atoms with Gasteiger partial charge in [0.1, 0.15) is 29.4 Å². The zero-order valence-corrected chi connectivity index (χ0v) is 29.3. The average Bonchev–Trinajstić information content (AvgIpc) is 3.04. The van der Waals surface area contributed by atoms with Crippen LogP contribution in [0.5, 0.6) is 5.75 Å². The maximum atomic E-state index is 15.5. The highest BCUT2D eigenvalue weighted by Crippen LogP contribution is 2.38. The molecule has 0 radical (unpaired) electrons. The summed E-state index contributed by atoms with van der Waals surface area (Å²) in [7, 11) is 1.54. The predicted molar refractivity (Wildman–Crippen MR) is 181 cm³/mol. The van der Waals surface area contributed by atoms with Gasteiger partial charge in [-0.1, -0.05) is 50.0 Å². The van der Waals surface area contributed by atoms with Gasteiger partial charge in [0.25, 0.3) is 11.8 Å². The van der Waals surface area contributed by atoms with Gasteiger partial charge < -0.3 is 19.9 Å². The van der Waals surface area contributed by atoms with Crippen molar-refractivity contribution < 1.29 is 33.0 Å². The van der Waals surface area contributed by atoms with Gasteiger partial charge in [-0.3, -0.25) is 19.5 Å². The van der Waals surface area contributed by atoms with E-state index in [1.165, 1.54) is 36.6 Å². The minimum Gasteiger partial charge on any atom is -0.509 e. The summed E-state index contributed by atoms with van der Waals surface area (Å²) in [6.07, 6.45) is 1.27. The van der Waals surface area contributed by atoms with Gasteiger partial charge in [0, 0.05) is 48.4 Å². The lowest BCUT2D eigenvalue weighted by Crippen LogP contribution is -2.59. The minimum absolute atomic E-state index is 0.150. The van der Waals surface area contributed by atoms with E-state index in [1.807, 2.05) is 20.8 Å². The van der Waals surface area contributed by atoms with Crippen LogP contribution in [-0.2, 0) is 20.9 Å². The summed E-state index contributed by atoms with van der Waals surface area (Å²) >= 11 is 12.5. The highest BCUT2D eigenvalue weighted by molar-refractivity contribution is 6.32. The van der Waals surface area contributed by atoms with Crippen molar-refractivity contribution in [2.45, 2.75) is 40.3 Å². The van der Waals surface area contributed by atoms with Gasteiger partial charge in [0.15, 0.2) is 11.6 Å². The van der Waals surface area contributed by atoms with E-state index in [2.05, 4.69) is 20.2 Å². The highest BCUT2D eigenvalue weighted by atomic mass is 35.5. The number of anilines is 1. The van der Waals surface area contributed by atoms with Crippen LogP contribution in [0.15, 0.2) is 48.0 Å². The van der Waals surface area contributed by atoms with Gasteiger partial charge >= 0.3 is 0 Å². The number of amides is 2. The second-order valence-corrected chi connectivity index (χ2v) is 13.7. The number of ether oxygens (including phenoxy) is 2. The molecule has 3 aromatic rings. The van der Waals surface area contributed by atoms with E-state index < -0.39 is 52.8 Å². The van der Waals surface area contributed by atoms with E-state index in [-0.39, 0.29) is 28.8 Å². The maximum absolute atomic E-state index is 15.5.